The van der Waals surface area contributed by atoms with E-state index in [-0.39, 0.29) is 0 Å². The summed E-state index contributed by atoms with van der Waals surface area (Å²) in [7, 11) is 0. The average molecular weight is 787 g/mol. The fourth-order valence-electron chi connectivity index (χ4n) is 8.60. The Labute approximate surface area is 349 Å². The molecule has 0 saturated carbocycles. The van der Waals surface area contributed by atoms with Crippen molar-refractivity contribution < 1.29 is 4.42 Å². The van der Waals surface area contributed by atoms with Gasteiger partial charge in [-0.1, -0.05) is 146 Å². The van der Waals surface area contributed by atoms with E-state index in [0.29, 0.717) is 17.5 Å². The molecule has 0 aliphatic heterocycles. The van der Waals surface area contributed by atoms with E-state index in [0.717, 1.165) is 90.0 Å². The van der Waals surface area contributed by atoms with E-state index in [9.17, 15) is 0 Å². The lowest BCUT2D eigenvalue weighted by atomic mass is 9.97. The molecule has 5 nitrogen and oxygen atoms in total. The van der Waals surface area contributed by atoms with Crippen LogP contribution >= 0.6 is 11.3 Å². The number of aromatic nitrogens is 4. The maximum Gasteiger partial charge on any atom is 0.164 e. The zero-order chi connectivity index (χ0) is 39.6. The van der Waals surface area contributed by atoms with Crippen LogP contribution in [0.15, 0.2) is 174 Å². The quantitative estimate of drug-likeness (QED) is 0.168. The molecule has 7 aromatic carbocycles. The lowest BCUT2D eigenvalue weighted by Gasteiger charge is -2.11. The summed E-state index contributed by atoms with van der Waals surface area (Å²) < 4.78 is 9.32. The van der Waals surface area contributed by atoms with Gasteiger partial charge in [0.1, 0.15) is 11.1 Å². The number of rotatable bonds is 6. The van der Waals surface area contributed by atoms with E-state index in [4.69, 9.17) is 24.4 Å². The molecule has 12 rings (SSSR count). The normalized spacial score (nSPS) is 12.5. The third kappa shape index (κ3) is 5.92. The number of hydrogen-bond donors (Lipinski definition) is 0. The molecule has 4 heterocycles. The van der Waals surface area contributed by atoms with Gasteiger partial charge >= 0.3 is 0 Å². The molecule has 11 aromatic rings. The second-order valence-corrected chi connectivity index (χ2v) is 16.4. The van der Waals surface area contributed by atoms with Crippen LogP contribution in [0.2, 0.25) is 0 Å². The zero-order valence-electron chi connectivity index (χ0n) is 32.3. The molecule has 6 heteroatoms. The number of nitrogens with zero attached hydrogens (tertiary/aromatic N) is 4. The third-order valence-corrected chi connectivity index (χ3v) is 12.7. The van der Waals surface area contributed by atoms with Crippen LogP contribution in [0.1, 0.15) is 12.8 Å². The Hall–Kier alpha value is -7.54. The highest BCUT2D eigenvalue weighted by atomic mass is 32.1. The van der Waals surface area contributed by atoms with Crippen LogP contribution in [0, 0.1) is 0 Å². The zero-order valence-corrected chi connectivity index (χ0v) is 33.2. The lowest BCUT2D eigenvalue weighted by molar-refractivity contribution is 0.572. The van der Waals surface area contributed by atoms with Crippen molar-refractivity contribution in [2.45, 2.75) is 12.8 Å². The summed E-state index contributed by atoms with van der Waals surface area (Å²) in [5.41, 5.74) is 11.7. The number of pyridine rings is 1. The van der Waals surface area contributed by atoms with E-state index in [1.807, 2.05) is 72.0 Å². The number of benzene rings is 7. The minimum atomic E-state index is 0.620. The molecule has 0 atom stereocenters. The number of thiophene rings is 1. The predicted octanol–water partition coefficient (Wildman–Crippen LogP) is 12.9. The summed E-state index contributed by atoms with van der Waals surface area (Å²) in [5.74, 6) is 1.89. The fourth-order valence-corrected chi connectivity index (χ4v) is 9.75. The highest BCUT2D eigenvalue weighted by Gasteiger charge is 2.19. The first-order chi connectivity index (χ1) is 29.7. The highest BCUT2D eigenvalue weighted by Crippen LogP contribution is 2.39. The topological polar surface area (TPSA) is 64.7 Å². The average Bonchev–Trinajstić information content (AvgIpc) is 3.90. The molecule has 0 saturated heterocycles. The Kier molecular flexibility index (Phi) is 8.10. The smallest absolute Gasteiger partial charge is 0.164 e. The van der Waals surface area contributed by atoms with Gasteiger partial charge in [-0.2, -0.15) is 0 Å². The van der Waals surface area contributed by atoms with Gasteiger partial charge in [-0.05, 0) is 71.5 Å². The van der Waals surface area contributed by atoms with Crippen LogP contribution in [0.5, 0.6) is 0 Å². The van der Waals surface area contributed by atoms with E-state index in [2.05, 4.69) is 121 Å². The molecule has 0 unspecified atom stereocenters. The minimum absolute atomic E-state index is 0.620. The molecule has 4 aromatic heterocycles. The fraction of sp³-hybridized carbons (Fsp3) is 0.0370. The number of fused-ring (bicyclic) bond motifs is 8. The van der Waals surface area contributed by atoms with E-state index in [1.165, 1.54) is 25.7 Å². The Morgan fingerprint density at radius 1 is 0.400 bits per heavy atom. The molecular formula is C54H34N4OS. The van der Waals surface area contributed by atoms with Crippen LogP contribution in [0.4, 0.5) is 0 Å². The van der Waals surface area contributed by atoms with Crippen molar-refractivity contribution in [2.75, 3.05) is 0 Å². The Balaban J connectivity index is 0.983. The van der Waals surface area contributed by atoms with Crippen LogP contribution in [0.25, 0.3) is 122 Å². The summed E-state index contributed by atoms with van der Waals surface area (Å²) in [5, 5.41) is 5.99. The van der Waals surface area contributed by atoms with Gasteiger partial charge in [-0.3, -0.25) is 0 Å². The number of hydrogen-bond acceptors (Lipinski definition) is 6. The van der Waals surface area contributed by atoms with Crippen LogP contribution < -0.4 is 10.6 Å². The van der Waals surface area contributed by atoms with Crippen molar-refractivity contribution in [3.63, 3.8) is 0 Å². The summed E-state index contributed by atoms with van der Waals surface area (Å²) in [4.78, 5) is 20.3. The monoisotopic (exact) mass is 786 g/mol. The van der Waals surface area contributed by atoms with Gasteiger partial charge in [0.2, 0.25) is 0 Å². The first-order valence-electron chi connectivity index (χ1n) is 20.3. The van der Waals surface area contributed by atoms with Gasteiger partial charge in [0.15, 0.2) is 23.1 Å². The first kappa shape index (κ1) is 34.5. The van der Waals surface area contributed by atoms with Gasteiger partial charge in [0.25, 0.3) is 0 Å². The van der Waals surface area contributed by atoms with Crippen molar-refractivity contribution >= 4 is 65.5 Å². The van der Waals surface area contributed by atoms with E-state index in [1.54, 1.807) is 0 Å². The Morgan fingerprint density at radius 3 is 1.70 bits per heavy atom. The van der Waals surface area contributed by atoms with Crippen molar-refractivity contribution in [1.29, 1.82) is 0 Å². The maximum absolute atomic E-state index is 6.72. The molecule has 0 N–H and O–H groups in total. The minimum Gasteiger partial charge on any atom is -0.454 e. The summed E-state index contributed by atoms with van der Waals surface area (Å²) in [6.45, 7) is 0. The van der Waals surface area contributed by atoms with Crippen molar-refractivity contribution in [3.8, 4) is 67.7 Å². The molecule has 0 radical (unpaired) electrons. The van der Waals surface area contributed by atoms with E-state index < -0.39 is 0 Å². The lowest BCUT2D eigenvalue weighted by Crippen LogP contribution is -2.22. The van der Waals surface area contributed by atoms with Crippen LogP contribution in [-0.4, -0.2) is 19.9 Å². The van der Waals surface area contributed by atoms with Crippen molar-refractivity contribution in [3.05, 3.63) is 180 Å². The molecule has 0 fully saturated rings. The predicted molar refractivity (Wildman–Crippen MR) is 248 cm³/mol. The van der Waals surface area contributed by atoms with Crippen LogP contribution in [0.3, 0.4) is 0 Å². The van der Waals surface area contributed by atoms with Gasteiger partial charge in [0, 0.05) is 58.4 Å². The van der Waals surface area contributed by atoms with Crippen molar-refractivity contribution in [2.24, 2.45) is 0 Å². The molecule has 60 heavy (non-hydrogen) atoms. The SMILES string of the molecule is C1=c2oc3c(-c4cccc(-c5cccc(-c6nc(-c7ccccc7)nc(-c7ccccc7)n6)c5)c4)nc4cc(-c5ccc6c(c5)sc5ccccc56)ccc4c3c2=CCC1. The molecule has 282 valence electrons. The number of furan rings is 1. The molecule has 0 amide bonds. The van der Waals surface area contributed by atoms with Gasteiger partial charge in [-0.25, -0.2) is 19.9 Å². The Morgan fingerprint density at radius 2 is 0.950 bits per heavy atom. The van der Waals surface area contributed by atoms with Crippen molar-refractivity contribution in [1.82, 2.24) is 19.9 Å². The van der Waals surface area contributed by atoms with E-state index >= 15 is 0 Å². The standard InChI is InChI=1S/C54H34N4OS/c1-3-13-33(14-4-1)52-56-53(34-15-5-2-6-16-34)58-54(57-52)40-20-12-18-36(30-40)35-17-11-19-39(29-35)50-51-49(44-22-7-9-23-46(44)59-51)43-28-26-37(31-45(43)55-50)38-25-27-42-41-21-8-10-24-47(41)60-48(42)32-38/h1-6,8,10-32H,7,9H2. The molecule has 0 spiro atoms. The van der Waals surface area contributed by atoms with Crippen LogP contribution in [-0.2, 0) is 0 Å². The molecular weight excluding hydrogens is 753 g/mol. The maximum atomic E-state index is 6.72. The van der Waals surface area contributed by atoms with Gasteiger partial charge in [0.05, 0.1) is 5.52 Å². The summed E-state index contributed by atoms with van der Waals surface area (Å²) in [6.07, 6.45) is 6.49. The van der Waals surface area contributed by atoms with Gasteiger partial charge in [-0.15, -0.1) is 11.3 Å². The molecule has 1 aliphatic rings. The highest BCUT2D eigenvalue weighted by molar-refractivity contribution is 7.25. The third-order valence-electron chi connectivity index (χ3n) is 11.5. The Bertz CT molecular complexity index is 3550. The second-order valence-electron chi connectivity index (χ2n) is 15.3. The largest absolute Gasteiger partial charge is 0.454 e. The second kappa shape index (κ2) is 14.1. The first-order valence-corrected chi connectivity index (χ1v) is 21.1. The summed E-state index contributed by atoms with van der Waals surface area (Å²) >= 11 is 1.85. The van der Waals surface area contributed by atoms with Gasteiger partial charge < -0.3 is 4.42 Å². The molecule has 1 aliphatic carbocycles. The summed E-state index contributed by atoms with van der Waals surface area (Å²) in [6, 6.07) is 59.4. The molecule has 0 bridgehead atoms.